The zero-order chi connectivity index (χ0) is 20.3. The van der Waals surface area contributed by atoms with E-state index in [1.807, 2.05) is 42.5 Å². The summed E-state index contributed by atoms with van der Waals surface area (Å²) in [6, 6.07) is 31.2. The van der Waals surface area contributed by atoms with Gasteiger partial charge in [-0.1, -0.05) is 91.0 Å². The highest BCUT2D eigenvalue weighted by molar-refractivity contribution is 5.23. The van der Waals surface area contributed by atoms with Gasteiger partial charge in [0.1, 0.15) is 0 Å². The first-order valence-electron chi connectivity index (χ1n) is 10.7. The summed E-state index contributed by atoms with van der Waals surface area (Å²) in [5.74, 6) is 0.390. The fourth-order valence-electron chi connectivity index (χ4n) is 5.00. The monoisotopic (exact) mass is 400 g/mol. The molecule has 2 heterocycles. The molecule has 5 rings (SSSR count). The lowest BCUT2D eigenvalue weighted by Crippen LogP contribution is -2.46. The molecular weight excluding hydrogens is 372 g/mol. The molecule has 2 saturated heterocycles. The number of aliphatic hydroxyl groups excluding tert-OH is 1. The van der Waals surface area contributed by atoms with Crippen molar-refractivity contribution in [2.24, 2.45) is 5.92 Å². The summed E-state index contributed by atoms with van der Waals surface area (Å²) in [7, 11) is 0. The fourth-order valence-corrected chi connectivity index (χ4v) is 5.00. The Morgan fingerprint density at radius 2 is 1.37 bits per heavy atom. The molecule has 0 radical (unpaired) electrons. The quantitative estimate of drug-likeness (QED) is 0.678. The number of hydrogen-bond donors (Lipinski definition) is 1. The van der Waals surface area contributed by atoms with Crippen LogP contribution >= 0.6 is 0 Å². The van der Waals surface area contributed by atoms with Gasteiger partial charge in [-0.05, 0) is 16.7 Å². The number of fused-ring (bicyclic) bond motifs is 1. The Morgan fingerprint density at radius 1 is 0.800 bits per heavy atom. The van der Waals surface area contributed by atoms with Crippen LogP contribution in [0.1, 0.15) is 22.8 Å². The van der Waals surface area contributed by atoms with Gasteiger partial charge in [0, 0.05) is 25.6 Å². The lowest BCUT2D eigenvalue weighted by atomic mass is 9.92. The average Bonchev–Trinajstić information content (AvgIpc) is 3.34. The second-order valence-corrected chi connectivity index (χ2v) is 8.37. The van der Waals surface area contributed by atoms with Gasteiger partial charge in [-0.3, -0.25) is 9.74 Å². The average molecular weight is 401 g/mol. The van der Waals surface area contributed by atoms with E-state index in [0.717, 1.165) is 25.2 Å². The highest BCUT2D eigenvalue weighted by atomic mass is 16.7. The van der Waals surface area contributed by atoms with Crippen LogP contribution in [-0.2, 0) is 17.9 Å². The molecule has 3 aromatic rings. The van der Waals surface area contributed by atoms with E-state index in [4.69, 9.17) is 4.84 Å². The normalized spacial score (nSPS) is 25.3. The summed E-state index contributed by atoms with van der Waals surface area (Å²) in [4.78, 5) is 8.58. The molecule has 0 aromatic heterocycles. The topological polar surface area (TPSA) is 35.9 Å². The Bertz CT molecular complexity index is 935. The van der Waals surface area contributed by atoms with Gasteiger partial charge in [0.05, 0.1) is 24.8 Å². The SMILES string of the molecule is O[C@@H](c1ccccc1)[C@@H]1[C@@H]2[C@@H](CON2Cc2ccccc2)CN1Cc1ccccc1. The molecule has 2 aliphatic heterocycles. The van der Waals surface area contributed by atoms with E-state index < -0.39 is 6.10 Å². The number of hydroxylamine groups is 2. The van der Waals surface area contributed by atoms with Gasteiger partial charge in [-0.15, -0.1) is 0 Å². The van der Waals surface area contributed by atoms with Crippen LogP contribution in [0.15, 0.2) is 91.0 Å². The molecule has 0 amide bonds. The lowest BCUT2D eigenvalue weighted by Gasteiger charge is -2.35. The van der Waals surface area contributed by atoms with Gasteiger partial charge in [0.25, 0.3) is 0 Å². The Morgan fingerprint density at radius 3 is 2.00 bits per heavy atom. The third kappa shape index (κ3) is 3.92. The van der Waals surface area contributed by atoms with Crippen molar-refractivity contribution in [1.82, 2.24) is 9.96 Å². The summed E-state index contributed by atoms with van der Waals surface area (Å²) in [6.45, 7) is 3.21. The van der Waals surface area contributed by atoms with Crippen molar-refractivity contribution in [2.75, 3.05) is 13.2 Å². The Kier molecular flexibility index (Phi) is 5.65. The van der Waals surface area contributed by atoms with Crippen LogP contribution in [0.3, 0.4) is 0 Å². The van der Waals surface area contributed by atoms with E-state index in [2.05, 4.69) is 58.5 Å². The van der Waals surface area contributed by atoms with Crippen molar-refractivity contribution >= 4 is 0 Å². The van der Waals surface area contributed by atoms with E-state index in [9.17, 15) is 5.11 Å². The highest BCUT2D eigenvalue weighted by Gasteiger charge is 2.52. The first-order valence-corrected chi connectivity index (χ1v) is 10.7. The first-order chi connectivity index (χ1) is 14.8. The van der Waals surface area contributed by atoms with Gasteiger partial charge in [-0.25, -0.2) is 0 Å². The molecule has 3 aromatic carbocycles. The van der Waals surface area contributed by atoms with Crippen molar-refractivity contribution in [1.29, 1.82) is 0 Å². The molecule has 4 nitrogen and oxygen atoms in total. The van der Waals surface area contributed by atoms with Crippen LogP contribution in [0, 0.1) is 5.92 Å². The summed E-state index contributed by atoms with van der Waals surface area (Å²) in [6.07, 6.45) is -0.565. The molecule has 0 bridgehead atoms. The number of hydrogen-bond acceptors (Lipinski definition) is 4. The van der Waals surface area contributed by atoms with Gasteiger partial charge in [-0.2, -0.15) is 5.06 Å². The van der Waals surface area contributed by atoms with E-state index in [1.165, 1.54) is 11.1 Å². The van der Waals surface area contributed by atoms with E-state index >= 15 is 0 Å². The summed E-state index contributed by atoms with van der Waals surface area (Å²) in [5.41, 5.74) is 3.47. The van der Waals surface area contributed by atoms with Gasteiger partial charge >= 0.3 is 0 Å². The zero-order valence-electron chi connectivity index (χ0n) is 17.0. The molecule has 4 atom stereocenters. The fraction of sp³-hybridized carbons (Fsp3) is 0.308. The highest BCUT2D eigenvalue weighted by Crippen LogP contribution is 2.41. The standard InChI is InChI=1S/C26H28N2O2/c29-26(22-14-8-3-9-15-22)25-24-23(18-27(25)16-20-10-4-1-5-11-20)19-30-28(24)17-21-12-6-2-7-13-21/h1-15,23-26,29H,16-19H2/t23-,24+,25+,26+/m1/s1. The summed E-state index contributed by atoms with van der Waals surface area (Å²) >= 11 is 0. The molecular formula is C26H28N2O2. The maximum absolute atomic E-state index is 11.5. The second-order valence-electron chi connectivity index (χ2n) is 8.37. The summed E-state index contributed by atoms with van der Waals surface area (Å²) in [5, 5.41) is 13.6. The van der Waals surface area contributed by atoms with Gasteiger partial charge in [0.2, 0.25) is 0 Å². The maximum atomic E-state index is 11.5. The third-order valence-electron chi connectivity index (χ3n) is 6.38. The predicted molar refractivity (Wildman–Crippen MR) is 117 cm³/mol. The van der Waals surface area contributed by atoms with Crippen LogP contribution < -0.4 is 0 Å². The number of likely N-dealkylation sites (tertiary alicyclic amines) is 1. The molecule has 0 spiro atoms. The van der Waals surface area contributed by atoms with Crippen molar-refractivity contribution in [3.63, 3.8) is 0 Å². The third-order valence-corrected chi connectivity index (χ3v) is 6.38. The van der Waals surface area contributed by atoms with Crippen molar-refractivity contribution in [3.8, 4) is 0 Å². The molecule has 4 heteroatoms. The largest absolute Gasteiger partial charge is 0.387 e. The van der Waals surface area contributed by atoms with E-state index in [0.29, 0.717) is 12.5 Å². The van der Waals surface area contributed by atoms with E-state index in [-0.39, 0.29) is 12.1 Å². The minimum atomic E-state index is -0.565. The number of nitrogens with zero attached hydrogens (tertiary/aromatic N) is 2. The second kappa shape index (κ2) is 8.70. The van der Waals surface area contributed by atoms with Crippen molar-refractivity contribution in [3.05, 3.63) is 108 Å². The maximum Gasteiger partial charge on any atom is 0.0961 e. The van der Waals surface area contributed by atoms with Crippen LogP contribution in [-0.4, -0.2) is 40.3 Å². The first kappa shape index (κ1) is 19.5. The number of aliphatic hydroxyl groups is 1. The van der Waals surface area contributed by atoms with Crippen molar-refractivity contribution < 1.29 is 9.94 Å². The Balaban J connectivity index is 1.44. The molecule has 0 saturated carbocycles. The number of rotatable bonds is 6. The Hall–Kier alpha value is -2.50. The van der Waals surface area contributed by atoms with Gasteiger partial charge in [0.15, 0.2) is 0 Å². The molecule has 30 heavy (non-hydrogen) atoms. The van der Waals surface area contributed by atoms with Crippen LogP contribution in [0.2, 0.25) is 0 Å². The predicted octanol–water partition coefficient (Wildman–Crippen LogP) is 4.04. The van der Waals surface area contributed by atoms with Crippen molar-refractivity contribution in [2.45, 2.75) is 31.3 Å². The zero-order valence-corrected chi connectivity index (χ0v) is 17.0. The lowest BCUT2D eigenvalue weighted by molar-refractivity contribution is -0.159. The number of benzene rings is 3. The molecule has 0 unspecified atom stereocenters. The Labute approximate surface area is 178 Å². The van der Waals surface area contributed by atoms with Crippen LogP contribution in [0.25, 0.3) is 0 Å². The molecule has 1 N–H and O–H groups in total. The smallest absolute Gasteiger partial charge is 0.0961 e. The molecule has 154 valence electrons. The summed E-state index contributed by atoms with van der Waals surface area (Å²) < 4.78 is 0. The molecule has 0 aliphatic carbocycles. The molecule has 2 aliphatic rings. The molecule has 2 fully saturated rings. The minimum absolute atomic E-state index is 0.0242. The van der Waals surface area contributed by atoms with E-state index in [1.54, 1.807) is 0 Å². The minimum Gasteiger partial charge on any atom is -0.387 e. The van der Waals surface area contributed by atoms with Crippen LogP contribution in [0.4, 0.5) is 0 Å². The van der Waals surface area contributed by atoms with Crippen LogP contribution in [0.5, 0.6) is 0 Å². The van der Waals surface area contributed by atoms with Gasteiger partial charge < -0.3 is 5.11 Å².